The minimum absolute atomic E-state index is 0.484. The Morgan fingerprint density at radius 1 is 1.44 bits per heavy atom. The van der Waals surface area contributed by atoms with Crippen molar-refractivity contribution >= 4 is 11.3 Å². The Hall–Kier alpha value is -1.13. The van der Waals surface area contributed by atoms with Crippen LogP contribution in [-0.2, 0) is 6.54 Å². The van der Waals surface area contributed by atoms with Crippen LogP contribution in [0.4, 0.5) is 0 Å². The fraction of sp³-hybridized carbons (Fsp3) is 0.500. The smallest absolute Gasteiger partial charge is 0.112 e. The van der Waals surface area contributed by atoms with Crippen LogP contribution in [0.15, 0.2) is 30.0 Å². The third-order valence-corrected chi connectivity index (χ3v) is 3.77. The van der Waals surface area contributed by atoms with Crippen molar-refractivity contribution in [2.45, 2.75) is 39.3 Å². The van der Waals surface area contributed by atoms with Crippen molar-refractivity contribution in [3.8, 4) is 0 Å². The number of rotatable bonds is 7. The van der Waals surface area contributed by atoms with Gasteiger partial charge in [0.15, 0.2) is 0 Å². The molecule has 1 N–H and O–H groups in total. The number of hydrogen-bond acceptors (Lipinski definition) is 3. The molecule has 0 aliphatic heterocycles. The summed E-state index contributed by atoms with van der Waals surface area (Å²) in [5.74, 6) is 0. The van der Waals surface area contributed by atoms with E-state index in [2.05, 4.69) is 47.2 Å². The van der Waals surface area contributed by atoms with E-state index >= 15 is 0 Å². The van der Waals surface area contributed by atoms with Gasteiger partial charge in [0.1, 0.15) is 5.01 Å². The Morgan fingerprint density at radius 2 is 2.33 bits per heavy atom. The maximum atomic E-state index is 4.32. The van der Waals surface area contributed by atoms with Crippen LogP contribution in [0.5, 0.6) is 0 Å². The maximum absolute atomic E-state index is 4.32. The van der Waals surface area contributed by atoms with Crippen molar-refractivity contribution < 1.29 is 0 Å². The van der Waals surface area contributed by atoms with E-state index in [0.717, 1.165) is 18.1 Å². The van der Waals surface area contributed by atoms with Crippen LogP contribution in [-0.4, -0.2) is 16.1 Å². The molecular formula is C14H21N3S. The summed E-state index contributed by atoms with van der Waals surface area (Å²) in [6, 6.07) is 2.70. The van der Waals surface area contributed by atoms with E-state index < -0.39 is 0 Å². The summed E-state index contributed by atoms with van der Waals surface area (Å²) < 4.78 is 2.22. The SMILES string of the molecule is CCCC(NCC)c1ccn(Cc2nccs2)c1. The Morgan fingerprint density at radius 3 is 3.00 bits per heavy atom. The summed E-state index contributed by atoms with van der Waals surface area (Å²) in [6.07, 6.45) is 8.65. The Labute approximate surface area is 113 Å². The lowest BCUT2D eigenvalue weighted by molar-refractivity contribution is 0.508. The topological polar surface area (TPSA) is 29.9 Å². The van der Waals surface area contributed by atoms with Crippen LogP contribution >= 0.6 is 11.3 Å². The highest BCUT2D eigenvalue weighted by atomic mass is 32.1. The van der Waals surface area contributed by atoms with Crippen molar-refractivity contribution in [2.75, 3.05) is 6.54 Å². The quantitative estimate of drug-likeness (QED) is 0.829. The van der Waals surface area contributed by atoms with Crippen LogP contribution in [0.25, 0.3) is 0 Å². The van der Waals surface area contributed by atoms with Gasteiger partial charge in [0, 0.05) is 30.0 Å². The molecule has 0 bridgehead atoms. The average Bonchev–Trinajstić information content (AvgIpc) is 3.01. The zero-order valence-corrected chi connectivity index (χ0v) is 11.9. The van der Waals surface area contributed by atoms with Gasteiger partial charge in [-0.15, -0.1) is 11.3 Å². The van der Waals surface area contributed by atoms with Gasteiger partial charge in [-0.2, -0.15) is 0 Å². The first-order valence-electron chi connectivity index (χ1n) is 6.61. The molecule has 3 nitrogen and oxygen atoms in total. The van der Waals surface area contributed by atoms with Crippen LogP contribution in [0, 0.1) is 0 Å². The zero-order chi connectivity index (χ0) is 12.8. The molecule has 0 saturated carbocycles. The van der Waals surface area contributed by atoms with E-state index in [9.17, 15) is 0 Å². The van der Waals surface area contributed by atoms with Gasteiger partial charge < -0.3 is 9.88 Å². The molecule has 98 valence electrons. The molecule has 2 rings (SSSR count). The molecule has 0 aliphatic carbocycles. The van der Waals surface area contributed by atoms with Crippen molar-refractivity contribution in [1.29, 1.82) is 0 Å². The molecule has 0 aliphatic rings. The molecule has 18 heavy (non-hydrogen) atoms. The van der Waals surface area contributed by atoms with Crippen molar-refractivity contribution in [2.24, 2.45) is 0 Å². The van der Waals surface area contributed by atoms with Crippen LogP contribution < -0.4 is 5.32 Å². The molecule has 0 radical (unpaired) electrons. The molecule has 4 heteroatoms. The van der Waals surface area contributed by atoms with Gasteiger partial charge in [-0.3, -0.25) is 0 Å². The van der Waals surface area contributed by atoms with E-state index in [0.29, 0.717) is 6.04 Å². The van der Waals surface area contributed by atoms with Crippen LogP contribution in [0.1, 0.15) is 43.3 Å². The first kappa shape index (κ1) is 13.3. The second-order valence-electron chi connectivity index (χ2n) is 4.44. The molecular weight excluding hydrogens is 242 g/mol. The summed E-state index contributed by atoms with van der Waals surface area (Å²) in [4.78, 5) is 4.32. The van der Waals surface area contributed by atoms with E-state index in [-0.39, 0.29) is 0 Å². The second-order valence-corrected chi connectivity index (χ2v) is 5.42. The Bertz CT molecular complexity index is 441. The summed E-state index contributed by atoms with van der Waals surface area (Å²) >= 11 is 1.71. The summed E-state index contributed by atoms with van der Waals surface area (Å²) in [5.41, 5.74) is 1.38. The van der Waals surface area contributed by atoms with Crippen LogP contribution in [0.3, 0.4) is 0 Å². The predicted octanol–water partition coefficient (Wildman–Crippen LogP) is 3.44. The van der Waals surface area contributed by atoms with E-state index in [1.807, 2.05) is 11.6 Å². The average molecular weight is 263 g/mol. The molecule has 2 aromatic heterocycles. The summed E-state index contributed by atoms with van der Waals surface area (Å²) in [6.45, 7) is 6.29. The molecule has 2 aromatic rings. The third kappa shape index (κ3) is 3.43. The van der Waals surface area contributed by atoms with Gasteiger partial charge >= 0.3 is 0 Å². The summed E-state index contributed by atoms with van der Waals surface area (Å²) in [5, 5.41) is 6.73. The molecule has 0 fully saturated rings. The first-order chi connectivity index (χ1) is 8.83. The van der Waals surface area contributed by atoms with Gasteiger partial charge in [-0.1, -0.05) is 20.3 Å². The van der Waals surface area contributed by atoms with E-state index in [1.54, 1.807) is 11.3 Å². The minimum Gasteiger partial charge on any atom is -0.347 e. The highest BCUT2D eigenvalue weighted by Gasteiger charge is 2.10. The van der Waals surface area contributed by atoms with Gasteiger partial charge in [0.2, 0.25) is 0 Å². The second kappa shape index (κ2) is 6.71. The molecule has 0 spiro atoms. The van der Waals surface area contributed by atoms with E-state index in [4.69, 9.17) is 0 Å². The number of hydrogen-bond donors (Lipinski definition) is 1. The fourth-order valence-electron chi connectivity index (χ4n) is 2.17. The van der Waals surface area contributed by atoms with Gasteiger partial charge in [0.25, 0.3) is 0 Å². The number of nitrogens with zero attached hydrogens (tertiary/aromatic N) is 2. The van der Waals surface area contributed by atoms with E-state index in [1.165, 1.54) is 18.4 Å². The van der Waals surface area contributed by atoms with Crippen molar-refractivity contribution in [1.82, 2.24) is 14.9 Å². The molecule has 1 atom stereocenters. The number of nitrogens with one attached hydrogen (secondary N) is 1. The lowest BCUT2D eigenvalue weighted by atomic mass is 10.1. The fourth-order valence-corrected chi connectivity index (χ4v) is 2.80. The van der Waals surface area contributed by atoms with Gasteiger partial charge in [-0.05, 0) is 24.6 Å². The lowest BCUT2D eigenvalue weighted by Crippen LogP contribution is -2.20. The first-order valence-corrected chi connectivity index (χ1v) is 7.48. The molecule has 1 unspecified atom stereocenters. The largest absolute Gasteiger partial charge is 0.347 e. The normalized spacial score (nSPS) is 12.8. The van der Waals surface area contributed by atoms with Crippen molar-refractivity contribution in [3.63, 3.8) is 0 Å². The minimum atomic E-state index is 0.484. The van der Waals surface area contributed by atoms with Gasteiger partial charge in [0.05, 0.1) is 6.54 Å². The third-order valence-electron chi connectivity index (χ3n) is 3.00. The highest BCUT2D eigenvalue weighted by molar-refractivity contribution is 7.09. The standard InChI is InChI=1S/C14H21N3S/c1-3-5-13(15-4-2)12-6-8-17(10-12)11-14-16-7-9-18-14/h6-10,13,15H,3-5,11H2,1-2H3. The number of thiazole rings is 1. The summed E-state index contributed by atoms with van der Waals surface area (Å²) in [7, 11) is 0. The maximum Gasteiger partial charge on any atom is 0.112 e. The highest BCUT2D eigenvalue weighted by Crippen LogP contribution is 2.19. The Kier molecular flexibility index (Phi) is 4.96. The lowest BCUT2D eigenvalue weighted by Gasteiger charge is -2.15. The molecule has 0 saturated heterocycles. The van der Waals surface area contributed by atoms with Crippen molar-refractivity contribution in [3.05, 3.63) is 40.6 Å². The molecule has 0 amide bonds. The zero-order valence-electron chi connectivity index (χ0n) is 11.1. The monoisotopic (exact) mass is 263 g/mol. The predicted molar refractivity (Wildman–Crippen MR) is 77.0 cm³/mol. The molecule has 2 heterocycles. The van der Waals surface area contributed by atoms with Crippen LogP contribution in [0.2, 0.25) is 0 Å². The Balaban J connectivity index is 2.03. The van der Waals surface area contributed by atoms with Gasteiger partial charge in [-0.25, -0.2) is 4.98 Å². The molecule has 0 aromatic carbocycles. The number of aromatic nitrogens is 2.